The number of aromatic nitrogens is 1. The van der Waals surface area contributed by atoms with Crippen molar-refractivity contribution in [2.24, 2.45) is 0 Å². The van der Waals surface area contributed by atoms with Gasteiger partial charge in [-0.2, -0.15) is 0 Å². The lowest BCUT2D eigenvalue weighted by Crippen LogP contribution is -2.40. The predicted octanol–water partition coefficient (Wildman–Crippen LogP) is 2.93. The second-order valence-electron chi connectivity index (χ2n) is 5.04. The quantitative estimate of drug-likeness (QED) is 0.758. The molecule has 0 radical (unpaired) electrons. The molecule has 0 aromatic carbocycles. The van der Waals surface area contributed by atoms with E-state index in [0.717, 1.165) is 0 Å². The Morgan fingerprint density at radius 1 is 1.37 bits per heavy atom. The molecule has 0 bridgehead atoms. The molecule has 0 aliphatic carbocycles. The van der Waals surface area contributed by atoms with Crippen LogP contribution < -0.4 is 0 Å². The molecule has 0 spiro atoms. The van der Waals surface area contributed by atoms with Gasteiger partial charge >= 0.3 is 0 Å². The number of hydrogen-bond donors (Lipinski definition) is 0. The Bertz CT molecular complexity index is 444. The molecule has 1 aromatic heterocycles. The van der Waals surface area contributed by atoms with Crippen molar-refractivity contribution in [1.29, 1.82) is 0 Å². The van der Waals surface area contributed by atoms with Crippen LogP contribution in [0.4, 0.5) is 0 Å². The summed E-state index contributed by atoms with van der Waals surface area (Å²) in [6.07, 6.45) is 2.83. The van der Waals surface area contributed by atoms with Gasteiger partial charge in [-0.15, -0.1) is 0 Å². The van der Waals surface area contributed by atoms with E-state index in [2.05, 4.69) is 4.98 Å². The Balaban J connectivity index is 2.75. The van der Waals surface area contributed by atoms with Crippen LogP contribution in [0.5, 0.6) is 0 Å². The number of hydrogen-bond acceptors (Lipinski definition) is 4. The lowest BCUT2D eigenvalue weighted by molar-refractivity contribution is -0.000890. The number of likely N-dealkylation sites (N-methyl/N-ethyl adjacent to an activating group) is 1. The van der Waals surface area contributed by atoms with Gasteiger partial charge in [0.25, 0.3) is 0 Å². The van der Waals surface area contributed by atoms with Crippen molar-refractivity contribution in [3.63, 3.8) is 0 Å². The van der Waals surface area contributed by atoms with E-state index in [-0.39, 0.29) is 28.0 Å². The van der Waals surface area contributed by atoms with Crippen molar-refractivity contribution < 1.29 is 9.53 Å². The molecule has 0 amide bonds. The third-order valence-electron chi connectivity index (χ3n) is 2.75. The van der Waals surface area contributed by atoms with Crippen LogP contribution in [0.3, 0.4) is 0 Å². The summed E-state index contributed by atoms with van der Waals surface area (Å²) < 4.78 is 5.33. The Hall–Kier alpha value is -0.680. The van der Waals surface area contributed by atoms with Crippen LogP contribution in [0.25, 0.3) is 0 Å². The molecule has 19 heavy (non-hydrogen) atoms. The van der Waals surface area contributed by atoms with Crippen molar-refractivity contribution in [1.82, 2.24) is 9.88 Å². The minimum Gasteiger partial charge on any atom is -0.377 e. The average Bonchev–Trinajstić information content (AvgIpc) is 2.27. The molecule has 0 saturated heterocycles. The van der Waals surface area contributed by atoms with Gasteiger partial charge in [0.1, 0.15) is 0 Å². The molecule has 0 saturated carbocycles. The van der Waals surface area contributed by atoms with E-state index >= 15 is 0 Å². The molecule has 4 nitrogen and oxygen atoms in total. The first kappa shape index (κ1) is 16.4. The van der Waals surface area contributed by atoms with Crippen LogP contribution in [0.2, 0.25) is 10.0 Å². The maximum atomic E-state index is 12.2. The lowest BCUT2D eigenvalue weighted by atomic mass is 10.1. The number of Topliss-reactive ketones (excluding diaryl/α,β-unsaturated/α-hetero) is 1. The molecule has 0 aliphatic rings. The largest absolute Gasteiger partial charge is 0.377 e. The maximum Gasteiger partial charge on any atom is 0.179 e. The number of ether oxygens (including phenoxy) is 1. The predicted molar refractivity (Wildman–Crippen MR) is 77.2 cm³/mol. The fraction of sp³-hybridized carbons (Fsp3) is 0.538. The fourth-order valence-electron chi connectivity index (χ4n) is 1.77. The fourth-order valence-corrected chi connectivity index (χ4v) is 2.35. The normalized spacial score (nSPS) is 11.9. The second kappa shape index (κ2) is 6.66. The number of ketones is 1. The summed E-state index contributed by atoms with van der Waals surface area (Å²) in [5.74, 6) is -0.133. The third-order valence-corrected chi connectivity index (χ3v) is 3.32. The van der Waals surface area contributed by atoms with E-state index in [1.807, 2.05) is 25.8 Å². The number of carbonyl (C=O) groups is 1. The number of carbonyl (C=O) groups excluding carboxylic acids is 1. The van der Waals surface area contributed by atoms with Gasteiger partial charge < -0.3 is 4.74 Å². The molecule has 0 unspecified atom stereocenters. The van der Waals surface area contributed by atoms with Gasteiger partial charge in [0, 0.05) is 26.0 Å². The van der Waals surface area contributed by atoms with Crippen molar-refractivity contribution in [2.45, 2.75) is 19.4 Å². The van der Waals surface area contributed by atoms with E-state index in [1.165, 1.54) is 12.4 Å². The minimum atomic E-state index is -0.319. The zero-order chi connectivity index (χ0) is 14.6. The number of nitrogens with zero attached hydrogens (tertiary/aromatic N) is 2. The third kappa shape index (κ3) is 4.73. The van der Waals surface area contributed by atoms with E-state index in [1.54, 1.807) is 7.11 Å². The van der Waals surface area contributed by atoms with Crippen LogP contribution in [-0.2, 0) is 4.74 Å². The van der Waals surface area contributed by atoms with E-state index in [4.69, 9.17) is 27.9 Å². The highest BCUT2D eigenvalue weighted by Crippen LogP contribution is 2.23. The molecule has 106 valence electrons. The molecule has 0 fully saturated rings. The highest BCUT2D eigenvalue weighted by atomic mass is 35.5. The van der Waals surface area contributed by atoms with Gasteiger partial charge in [-0.1, -0.05) is 23.2 Å². The SMILES string of the molecule is COC(C)(C)CN(C)CC(=O)c1c(Cl)cncc1Cl. The summed E-state index contributed by atoms with van der Waals surface area (Å²) in [6, 6.07) is 0. The summed E-state index contributed by atoms with van der Waals surface area (Å²) in [5, 5.41) is 0.550. The summed E-state index contributed by atoms with van der Waals surface area (Å²) in [7, 11) is 3.49. The van der Waals surface area contributed by atoms with E-state index in [0.29, 0.717) is 12.1 Å². The molecule has 1 heterocycles. The number of pyridine rings is 1. The first-order valence-corrected chi connectivity index (χ1v) is 6.58. The number of methoxy groups -OCH3 is 1. The van der Waals surface area contributed by atoms with E-state index in [9.17, 15) is 4.79 Å². The van der Waals surface area contributed by atoms with Crippen LogP contribution in [0.15, 0.2) is 12.4 Å². The molecule has 1 rings (SSSR count). The molecule has 1 aromatic rings. The van der Waals surface area contributed by atoms with Crippen molar-refractivity contribution in [3.05, 3.63) is 28.0 Å². The molecular formula is C13H18Cl2N2O2. The highest BCUT2D eigenvalue weighted by molar-refractivity contribution is 6.39. The maximum absolute atomic E-state index is 12.2. The van der Waals surface area contributed by atoms with Gasteiger partial charge in [-0.25, -0.2) is 0 Å². The topological polar surface area (TPSA) is 42.4 Å². The molecular weight excluding hydrogens is 287 g/mol. The summed E-state index contributed by atoms with van der Waals surface area (Å²) in [6.45, 7) is 4.76. The summed E-state index contributed by atoms with van der Waals surface area (Å²) in [5.41, 5.74) is 0.00123. The van der Waals surface area contributed by atoms with Gasteiger partial charge in [0.2, 0.25) is 0 Å². The zero-order valence-corrected chi connectivity index (χ0v) is 13.0. The first-order valence-electron chi connectivity index (χ1n) is 5.82. The summed E-state index contributed by atoms with van der Waals surface area (Å²) >= 11 is 11.9. The summed E-state index contributed by atoms with van der Waals surface area (Å²) in [4.78, 5) is 17.9. The average molecular weight is 305 g/mol. The van der Waals surface area contributed by atoms with Crippen LogP contribution in [0, 0.1) is 0 Å². The van der Waals surface area contributed by atoms with Gasteiger partial charge in [0.05, 0.1) is 27.8 Å². The smallest absolute Gasteiger partial charge is 0.179 e. The molecule has 0 atom stereocenters. The molecule has 0 aliphatic heterocycles. The Labute approximate surface area is 123 Å². The zero-order valence-electron chi connectivity index (χ0n) is 11.5. The minimum absolute atomic E-state index is 0.133. The van der Waals surface area contributed by atoms with Crippen molar-refractivity contribution in [2.75, 3.05) is 27.2 Å². The Morgan fingerprint density at radius 2 is 1.89 bits per heavy atom. The number of halogens is 2. The van der Waals surface area contributed by atoms with Gasteiger partial charge in [0.15, 0.2) is 5.78 Å². The van der Waals surface area contributed by atoms with Crippen molar-refractivity contribution in [3.8, 4) is 0 Å². The Morgan fingerprint density at radius 3 is 2.37 bits per heavy atom. The molecule has 6 heteroatoms. The van der Waals surface area contributed by atoms with Crippen molar-refractivity contribution >= 4 is 29.0 Å². The first-order chi connectivity index (χ1) is 8.76. The van der Waals surface area contributed by atoms with E-state index < -0.39 is 0 Å². The van der Waals surface area contributed by atoms with Crippen LogP contribution in [-0.4, -0.2) is 48.5 Å². The van der Waals surface area contributed by atoms with Crippen LogP contribution >= 0.6 is 23.2 Å². The Kier molecular flexibility index (Phi) is 5.74. The van der Waals surface area contributed by atoms with Crippen LogP contribution in [0.1, 0.15) is 24.2 Å². The monoisotopic (exact) mass is 304 g/mol. The number of rotatable bonds is 6. The van der Waals surface area contributed by atoms with Gasteiger partial charge in [-0.3, -0.25) is 14.7 Å². The molecule has 0 N–H and O–H groups in total. The van der Waals surface area contributed by atoms with Gasteiger partial charge in [-0.05, 0) is 20.9 Å². The second-order valence-corrected chi connectivity index (χ2v) is 5.85. The highest BCUT2D eigenvalue weighted by Gasteiger charge is 2.22. The lowest BCUT2D eigenvalue weighted by Gasteiger charge is -2.28. The standard InChI is InChI=1S/C13H18Cl2N2O2/c1-13(2,19-4)8-17(3)7-11(18)12-9(14)5-16-6-10(12)15/h5-6H,7-8H2,1-4H3.